The number of hydrogen-bond donors (Lipinski definition) is 1. The second-order valence-electron chi connectivity index (χ2n) is 5.32. The summed E-state index contributed by atoms with van der Waals surface area (Å²) in [5, 5.41) is 9.34. The predicted molar refractivity (Wildman–Crippen MR) is 57.3 cm³/mol. The lowest BCUT2D eigenvalue weighted by Gasteiger charge is -2.24. The Morgan fingerprint density at radius 2 is 2.00 bits per heavy atom. The number of aliphatic hydroxyl groups is 1. The Morgan fingerprint density at radius 1 is 1.29 bits per heavy atom. The molecule has 2 aliphatic heterocycles. The fourth-order valence-electron chi connectivity index (χ4n) is 3.05. The molecule has 0 aromatic carbocycles. The molecule has 0 aromatic rings. The van der Waals surface area contributed by atoms with Gasteiger partial charge in [0.1, 0.15) is 0 Å². The average molecular weight is 198 g/mol. The third-order valence-corrected chi connectivity index (χ3v) is 3.67. The smallest absolute Gasteiger partial charge is 0.0639 e. The monoisotopic (exact) mass is 198 g/mol. The van der Waals surface area contributed by atoms with Crippen LogP contribution in [-0.4, -0.2) is 60.8 Å². The van der Waals surface area contributed by atoms with E-state index in [1.54, 1.807) is 0 Å². The SMILES string of the molecule is C[C@H](O)CN1CCC2(CCN(C)C2)C1. The molecule has 1 spiro atoms. The zero-order valence-corrected chi connectivity index (χ0v) is 9.37. The molecule has 3 heteroatoms. The van der Waals surface area contributed by atoms with Gasteiger partial charge in [0.2, 0.25) is 0 Å². The third kappa shape index (κ3) is 2.10. The van der Waals surface area contributed by atoms with E-state index in [2.05, 4.69) is 16.8 Å². The fraction of sp³-hybridized carbons (Fsp3) is 1.00. The molecule has 1 unspecified atom stereocenters. The van der Waals surface area contributed by atoms with Gasteiger partial charge in [0, 0.05) is 19.6 Å². The van der Waals surface area contributed by atoms with Crippen LogP contribution in [0.3, 0.4) is 0 Å². The highest BCUT2D eigenvalue weighted by atomic mass is 16.3. The molecule has 0 radical (unpaired) electrons. The van der Waals surface area contributed by atoms with Gasteiger partial charge in [0.15, 0.2) is 0 Å². The lowest BCUT2D eigenvalue weighted by Crippen LogP contribution is -2.33. The summed E-state index contributed by atoms with van der Waals surface area (Å²) >= 11 is 0. The lowest BCUT2D eigenvalue weighted by atomic mass is 9.86. The molecule has 2 fully saturated rings. The topological polar surface area (TPSA) is 26.7 Å². The van der Waals surface area contributed by atoms with Crippen molar-refractivity contribution < 1.29 is 5.11 Å². The second-order valence-corrected chi connectivity index (χ2v) is 5.32. The van der Waals surface area contributed by atoms with E-state index < -0.39 is 0 Å². The first-order chi connectivity index (χ1) is 6.60. The molecule has 2 saturated heterocycles. The molecule has 0 amide bonds. The van der Waals surface area contributed by atoms with Crippen LogP contribution in [0.1, 0.15) is 19.8 Å². The van der Waals surface area contributed by atoms with E-state index in [4.69, 9.17) is 0 Å². The summed E-state index contributed by atoms with van der Waals surface area (Å²) in [5.74, 6) is 0. The van der Waals surface area contributed by atoms with Gasteiger partial charge in [0.05, 0.1) is 6.10 Å². The summed E-state index contributed by atoms with van der Waals surface area (Å²) < 4.78 is 0. The van der Waals surface area contributed by atoms with Crippen LogP contribution in [-0.2, 0) is 0 Å². The maximum atomic E-state index is 9.34. The van der Waals surface area contributed by atoms with Crippen molar-refractivity contribution in [2.45, 2.75) is 25.9 Å². The van der Waals surface area contributed by atoms with Crippen molar-refractivity contribution in [1.82, 2.24) is 9.80 Å². The lowest BCUT2D eigenvalue weighted by molar-refractivity contribution is 0.132. The summed E-state index contributed by atoms with van der Waals surface area (Å²) in [6.07, 6.45) is 2.49. The van der Waals surface area contributed by atoms with Gasteiger partial charge in [-0.1, -0.05) is 0 Å². The van der Waals surface area contributed by atoms with Gasteiger partial charge in [-0.3, -0.25) is 0 Å². The molecule has 2 atom stereocenters. The van der Waals surface area contributed by atoms with Crippen molar-refractivity contribution >= 4 is 0 Å². The van der Waals surface area contributed by atoms with Crippen LogP contribution >= 0.6 is 0 Å². The normalized spacial score (nSPS) is 37.1. The predicted octanol–water partition coefficient (Wildman–Crippen LogP) is 0.395. The van der Waals surface area contributed by atoms with Crippen LogP contribution in [0.2, 0.25) is 0 Å². The van der Waals surface area contributed by atoms with E-state index in [1.165, 1.54) is 39.0 Å². The highest BCUT2D eigenvalue weighted by molar-refractivity contribution is 4.96. The van der Waals surface area contributed by atoms with E-state index in [0.717, 1.165) is 6.54 Å². The van der Waals surface area contributed by atoms with E-state index in [-0.39, 0.29) is 6.10 Å². The van der Waals surface area contributed by atoms with E-state index in [9.17, 15) is 5.11 Å². The van der Waals surface area contributed by atoms with Crippen molar-refractivity contribution in [2.75, 3.05) is 39.8 Å². The molecular formula is C11H22N2O. The minimum atomic E-state index is -0.177. The first-order valence-electron chi connectivity index (χ1n) is 5.69. The minimum absolute atomic E-state index is 0.177. The molecule has 0 bridgehead atoms. The maximum Gasteiger partial charge on any atom is 0.0639 e. The summed E-state index contributed by atoms with van der Waals surface area (Å²) in [6.45, 7) is 7.62. The van der Waals surface area contributed by atoms with E-state index in [0.29, 0.717) is 5.41 Å². The Morgan fingerprint density at radius 3 is 2.57 bits per heavy atom. The Kier molecular flexibility index (Phi) is 2.82. The van der Waals surface area contributed by atoms with Gasteiger partial charge >= 0.3 is 0 Å². The van der Waals surface area contributed by atoms with Crippen molar-refractivity contribution in [2.24, 2.45) is 5.41 Å². The van der Waals surface area contributed by atoms with E-state index in [1.807, 2.05) is 6.92 Å². The molecule has 0 aliphatic carbocycles. The zero-order chi connectivity index (χ0) is 10.2. The number of likely N-dealkylation sites (tertiary alicyclic amines) is 2. The molecule has 3 nitrogen and oxygen atoms in total. The summed E-state index contributed by atoms with van der Waals surface area (Å²) in [6, 6.07) is 0. The van der Waals surface area contributed by atoms with Gasteiger partial charge in [-0.15, -0.1) is 0 Å². The number of β-amino-alcohol motifs (C(OH)–C–C–N with tert-alkyl or cyclic N) is 1. The second kappa shape index (κ2) is 3.80. The van der Waals surface area contributed by atoms with Crippen LogP contribution < -0.4 is 0 Å². The summed E-state index contributed by atoms with van der Waals surface area (Å²) in [4.78, 5) is 4.86. The standard InChI is InChI=1S/C11H22N2O/c1-10(14)7-13-6-4-11(9-13)3-5-12(2)8-11/h10,14H,3-9H2,1-2H3/t10-,11?/m0/s1. The van der Waals surface area contributed by atoms with Crippen molar-refractivity contribution in [3.05, 3.63) is 0 Å². The largest absolute Gasteiger partial charge is 0.392 e. The van der Waals surface area contributed by atoms with Crippen molar-refractivity contribution in [3.63, 3.8) is 0 Å². The maximum absolute atomic E-state index is 9.34. The number of nitrogens with zero attached hydrogens (tertiary/aromatic N) is 2. The van der Waals surface area contributed by atoms with E-state index >= 15 is 0 Å². The summed E-state index contributed by atoms with van der Waals surface area (Å²) in [7, 11) is 2.21. The molecule has 0 saturated carbocycles. The summed E-state index contributed by atoms with van der Waals surface area (Å²) in [5.41, 5.74) is 0.559. The van der Waals surface area contributed by atoms with Gasteiger partial charge in [0.25, 0.3) is 0 Å². The number of hydrogen-bond acceptors (Lipinski definition) is 3. The quantitative estimate of drug-likeness (QED) is 0.695. The van der Waals surface area contributed by atoms with Gasteiger partial charge in [-0.2, -0.15) is 0 Å². The van der Waals surface area contributed by atoms with Crippen molar-refractivity contribution in [1.29, 1.82) is 0 Å². The molecule has 1 N–H and O–H groups in total. The molecule has 2 aliphatic rings. The molecule has 14 heavy (non-hydrogen) atoms. The van der Waals surface area contributed by atoms with Crippen LogP contribution in [0.25, 0.3) is 0 Å². The molecule has 0 aromatic heterocycles. The Hall–Kier alpha value is -0.120. The Bertz CT molecular complexity index is 207. The Balaban J connectivity index is 1.88. The van der Waals surface area contributed by atoms with Gasteiger partial charge in [-0.25, -0.2) is 0 Å². The molecule has 82 valence electrons. The molecular weight excluding hydrogens is 176 g/mol. The van der Waals surface area contributed by atoms with Crippen LogP contribution in [0.4, 0.5) is 0 Å². The first-order valence-corrected chi connectivity index (χ1v) is 5.69. The van der Waals surface area contributed by atoms with Crippen LogP contribution in [0, 0.1) is 5.41 Å². The Labute approximate surface area is 86.7 Å². The van der Waals surface area contributed by atoms with Gasteiger partial charge < -0.3 is 14.9 Å². The van der Waals surface area contributed by atoms with Crippen LogP contribution in [0.15, 0.2) is 0 Å². The average Bonchev–Trinajstić information content (AvgIpc) is 2.60. The van der Waals surface area contributed by atoms with Gasteiger partial charge in [-0.05, 0) is 45.3 Å². The minimum Gasteiger partial charge on any atom is -0.392 e. The number of rotatable bonds is 2. The zero-order valence-electron chi connectivity index (χ0n) is 9.37. The molecule has 2 heterocycles. The first kappa shape index (κ1) is 10.4. The third-order valence-electron chi connectivity index (χ3n) is 3.67. The highest BCUT2D eigenvalue weighted by Crippen LogP contribution is 2.38. The molecule has 2 rings (SSSR count). The highest BCUT2D eigenvalue weighted by Gasteiger charge is 2.42. The fourth-order valence-corrected chi connectivity index (χ4v) is 3.05. The van der Waals surface area contributed by atoms with Crippen LogP contribution in [0.5, 0.6) is 0 Å². The van der Waals surface area contributed by atoms with Crippen molar-refractivity contribution in [3.8, 4) is 0 Å². The number of aliphatic hydroxyl groups excluding tert-OH is 1.